The summed E-state index contributed by atoms with van der Waals surface area (Å²) in [6, 6.07) is 8.44. The van der Waals surface area contributed by atoms with Crippen molar-refractivity contribution in [1.29, 1.82) is 0 Å². The van der Waals surface area contributed by atoms with Gasteiger partial charge in [0, 0.05) is 31.7 Å². The maximum atomic E-state index is 11.9. The van der Waals surface area contributed by atoms with Gasteiger partial charge in [-0.2, -0.15) is 0 Å². The van der Waals surface area contributed by atoms with Crippen molar-refractivity contribution in [1.82, 2.24) is 10.3 Å². The van der Waals surface area contributed by atoms with Gasteiger partial charge in [-0.3, -0.25) is 4.98 Å². The van der Waals surface area contributed by atoms with E-state index in [0.717, 1.165) is 5.56 Å². The second kappa shape index (κ2) is 8.97. The molecule has 0 radical (unpaired) electrons. The zero-order valence-corrected chi connectivity index (χ0v) is 13.5. The molecule has 0 bridgehead atoms. The van der Waals surface area contributed by atoms with Gasteiger partial charge in [0.05, 0.1) is 11.6 Å². The summed E-state index contributed by atoms with van der Waals surface area (Å²) in [4.78, 5) is 15.8. The van der Waals surface area contributed by atoms with Crippen molar-refractivity contribution >= 4 is 23.3 Å². The lowest BCUT2D eigenvalue weighted by atomic mass is 10.3. The average Bonchev–Trinajstić information content (AvgIpc) is 2.56. The number of rotatable bonds is 7. The molecule has 6 nitrogen and oxygen atoms in total. The molecule has 7 heteroatoms. The van der Waals surface area contributed by atoms with E-state index in [2.05, 4.69) is 15.6 Å². The zero-order valence-electron chi connectivity index (χ0n) is 12.7. The number of urea groups is 1. The molecule has 2 aromatic rings. The van der Waals surface area contributed by atoms with Crippen molar-refractivity contribution < 1.29 is 14.3 Å². The molecule has 122 valence electrons. The molecular weight excluding hydrogens is 318 g/mol. The monoisotopic (exact) mass is 335 g/mol. The summed E-state index contributed by atoms with van der Waals surface area (Å²) in [6.45, 7) is 1.29. The van der Waals surface area contributed by atoms with E-state index in [4.69, 9.17) is 21.1 Å². The molecule has 0 aliphatic heterocycles. The molecule has 0 spiro atoms. The maximum absolute atomic E-state index is 11.9. The quantitative estimate of drug-likeness (QED) is 0.763. The molecule has 2 N–H and O–H groups in total. The van der Waals surface area contributed by atoms with Crippen LogP contribution < -0.4 is 15.4 Å². The summed E-state index contributed by atoms with van der Waals surface area (Å²) in [5.74, 6) is 0.546. The fraction of sp³-hybridized carbons (Fsp3) is 0.250. The zero-order chi connectivity index (χ0) is 16.5. The van der Waals surface area contributed by atoms with E-state index in [9.17, 15) is 4.79 Å². The number of aromatic nitrogens is 1. The standard InChI is InChI=1S/C16H18ClN3O3/c1-22-7-8-23-15-5-4-13(9-14(15)17)20-16(21)19-11-12-3-2-6-18-10-12/h2-6,9-10H,7-8,11H2,1H3,(H2,19,20,21). The van der Waals surface area contributed by atoms with Gasteiger partial charge in [0.25, 0.3) is 0 Å². The molecule has 1 aromatic carbocycles. The van der Waals surface area contributed by atoms with E-state index in [0.29, 0.717) is 36.2 Å². The minimum Gasteiger partial charge on any atom is -0.490 e. The number of anilines is 1. The molecule has 23 heavy (non-hydrogen) atoms. The summed E-state index contributed by atoms with van der Waals surface area (Å²) in [5, 5.41) is 5.88. The van der Waals surface area contributed by atoms with Crippen LogP contribution in [0.25, 0.3) is 0 Å². The summed E-state index contributed by atoms with van der Waals surface area (Å²) >= 11 is 6.12. The second-order valence-electron chi connectivity index (χ2n) is 4.66. The Morgan fingerprint density at radius 3 is 2.87 bits per heavy atom. The Hall–Kier alpha value is -2.31. The normalized spacial score (nSPS) is 10.2. The Labute approximate surface area is 139 Å². The van der Waals surface area contributed by atoms with E-state index in [-0.39, 0.29) is 6.03 Å². The first-order valence-electron chi connectivity index (χ1n) is 7.04. The van der Waals surface area contributed by atoms with Crippen LogP contribution in [-0.2, 0) is 11.3 Å². The SMILES string of the molecule is COCCOc1ccc(NC(=O)NCc2cccnc2)cc1Cl. The number of pyridine rings is 1. The predicted octanol–water partition coefficient (Wildman–Crippen LogP) is 3.08. The van der Waals surface area contributed by atoms with Gasteiger partial charge in [-0.05, 0) is 29.8 Å². The van der Waals surface area contributed by atoms with Gasteiger partial charge in [0.1, 0.15) is 12.4 Å². The molecular formula is C16H18ClN3O3. The fourth-order valence-electron chi connectivity index (χ4n) is 1.79. The van der Waals surface area contributed by atoms with Gasteiger partial charge in [-0.25, -0.2) is 4.79 Å². The Bertz CT molecular complexity index is 638. The summed E-state index contributed by atoms with van der Waals surface area (Å²) in [5.41, 5.74) is 1.50. The van der Waals surface area contributed by atoms with Gasteiger partial charge in [-0.15, -0.1) is 0 Å². The highest BCUT2D eigenvalue weighted by atomic mass is 35.5. The van der Waals surface area contributed by atoms with Crippen LogP contribution in [0.1, 0.15) is 5.56 Å². The van der Waals surface area contributed by atoms with Crippen LogP contribution in [-0.4, -0.2) is 31.3 Å². The molecule has 0 saturated carbocycles. The number of carbonyl (C=O) groups is 1. The van der Waals surface area contributed by atoms with Crippen molar-refractivity contribution in [2.75, 3.05) is 25.6 Å². The number of nitrogens with zero attached hydrogens (tertiary/aromatic N) is 1. The van der Waals surface area contributed by atoms with Crippen LogP contribution in [0.3, 0.4) is 0 Å². The van der Waals surface area contributed by atoms with Crippen LogP contribution in [0.5, 0.6) is 5.75 Å². The Balaban J connectivity index is 1.84. The summed E-state index contributed by atoms with van der Waals surface area (Å²) < 4.78 is 10.4. The molecule has 0 aliphatic carbocycles. The van der Waals surface area contributed by atoms with E-state index < -0.39 is 0 Å². The van der Waals surface area contributed by atoms with E-state index in [1.54, 1.807) is 37.7 Å². The Kier molecular flexibility index (Phi) is 6.65. The second-order valence-corrected chi connectivity index (χ2v) is 5.06. The van der Waals surface area contributed by atoms with Crippen molar-refractivity contribution in [2.45, 2.75) is 6.54 Å². The maximum Gasteiger partial charge on any atom is 0.319 e. The molecule has 0 atom stereocenters. The van der Waals surface area contributed by atoms with Crippen LogP contribution in [0, 0.1) is 0 Å². The molecule has 1 heterocycles. The topological polar surface area (TPSA) is 72.5 Å². The van der Waals surface area contributed by atoms with Crippen LogP contribution in [0.15, 0.2) is 42.7 Å². The number of hydrogen-bond donors (Lipinski definition) is 2. The molecule has 0 unspecified atom stereocenters. The third-order valence-electron chi connectivity index (χ3n) is 2.91. The van der Waals surface area contributed by atoms with Crippen LogP contribution >= 0.6 is 11.6 Å². The Morgan fingerprint density at radius 2 is 2.17 bits per heavy atom. The van der Waals surface area contributed by atoms with Gasteiger partial charge >= 0.3 is 6.03 Å². The average molecular weight is 336 g/mol. The highest BCUT2D eigenvalue weighted by Gasteiger charge is 2.06. The van der Waals surface area contributed by atoms with Crippen molar-refractivity contribution in [3.8, 4) is 5.75 Å². The number of halogens is 1. The summed E-state index contributed by atoms with van der Waals surface area (Å²) in [6.07, 6.45) is 3.38. The first-order chi connectivity index (χ1) is 11.2. The number of methoxy groups -OCH3 is 1. The molecule has 0 saturated heterocycles. The third-order valence-corrected chi connectivity index (χ3v) is 3.21. The molecule has 0 aliphatic rings. The van der Waals surface area contributed by atoms with Crippen molar-refractivity contribution in [3.05, 3.63) is 53.3 Å². The van der Waals surface area contributed by atoms with Gasteiger partial charge in [0.2, 0.25) is 0 Å². The first-order valence-corrected chi connectivity index (χ1v) is 7.42. The largest absolute Gasteiger partial charge is 0.490 e. The highest BCUT2D eigenvalue weighted by Crippen LogP contribution is 2.27. The number of nitrogens with one attached hydrogen (secondary N) is 2. The van der Waals surface area contributed by atoms with E-state index >= 15 is 0 Å². The summed E-state index contributed by atoms with van der Waals surface area (Å²) in [7, 11) is 1.60. The number of carbonyl (C=O) groups excluding carboxylic acids is 1. The lowest BCUT2D eigenvalue weighted by Crippen LogP contribution is -2.28. The smallest absolute Gasteiger partial charge is 0.319 e. The fourth-order valence-corrected chi connectivity index (χ4v) is 2.03. The molecule has 2 amide bonds. The van der Waals surface area contributed by atoms with Gasteiger partial charge in [0.15, 0.2) is 0 Å². The van der Waals surface area contributed by atoms with Crippen LogP contribution in [0.4, 0.5) is 10.5 Å². The number of benzene rings is 1. The minimum atomic E-state index is -0.321. The minimum absolute atomic E-state index is 0.321. The molecule has 2 rings (SSSR count). The third kappa shape index (κ3) is 5.77. The van der Waals surface area contributed by atoms with Crippen molar-refractivity contribution in [3.63, 3.8) is 0 Å². The lowest BCUT2D eigenvalue weighted by Gasteiger charge is -2.11. The highest BCUT2D eigenvalue weighted by molar-refractivity contribution is 6.32. The lowest BCUT2D eigenvalue weighted by molar-refractivity contribution is 0.146. The molecule has 1 aromatic heterocycles. The Morgan fingerprint density at radius 1 is 1.30 bits per heavy atom. The number of amides is 2. The van der Waals surface area contributed by atoms with Crippen LogP contribution in [0.2, 0.25) is 5.02 Å². The molecule has 0 fully saturated rings. The van der Waals surface area contributed by atoms with E-state index in [1.165, 1.54) is 0 Å². The van der Waals surface area contributed by atoms with Crippen molar-refractivity contribution in [2.24, 2.45) is 0 Å². The first kappa shape index (κ1) is 17.1. The van der Waals surface area contributed by atoms with E-state index in [1.807, 2.05) is 12.1 Å². The van der Waals surface area contributed by atoms with Gasteiger partial charge < -0.3 is 20.1 Å². The number of hydrogen-bond acceptors (Lipinski definition) is 4. The predicted molar refractivity (Wildman–Crippen MR) is 88.9 cm³/mol. The number of ether oxygens (including phenoxy) is 2. The van der Waals surface area contributed by atoms with Gasteiger partial charge in [-0.1, -0.05) is 17.7 Å².